The summed E-state index contributed by atoms with van der Waals surface area (Å²) in [7, 11) is 1.24. The minimum Gasteiger partial charge on any atom is -0.478 e. The third-order valence-corrected chi connectivity index (χ3v) is 4.11. The lowest BCUT2D eigenvalue weighted by atomic mass is 9.93. The number of carbonyl (C=O) groups excluding carboxylic acids is 1. The Kier molecular flexibility index (Phi) is 11.8. The van der Waals surface area contributed by atoms with Gasteiger partial charge < -0.3 is 20.1 Å². The minimum absolute atomic E-state index is 0.419. The maximum atomic E-state index is 11.4. The standard InChI is InChI=1S/C19H32O6/c1-13(9-14(2)10-15(3)11-18(22)23)7-5-6-8-17(21)16(12-20)19(24)25-4/h10-11,13,16-17,20-21H,5-9,12H2,1-4H3,(H,22,23)/b14-10+,15-11+/t13-,16+,17+/m0/s1. The van der Waals surface area contributed by atoms with Gasteiger partial charge in [-0.1, -0.05) is 37.8 Å². The number of carboxylic acids is 1. The van der Waals surface area contributed by atoms with Gasteiger partial charge in [0.25, 0.3) is 0 Å². The van der Waals surface area contributed by atoms with Crippen LogP contribution in [-0.2, 0) is 14.3 Å². The number of hydrogen-bond donors (Lipinski definition) is 3. The zero-order valence-corrected chi connectivity index (χ0v) is 15.7. The van der Waals surface area contributed by atoms with E-state index in [-0.39, 0.29) is 0 Å². The van der Waals surface area contributed by atoms with Crippen LogP contribution in [-0.4, -0.2) is 47.1 Å². The number of aliphatic hydroxyl groups is 2. The molecular formula is C19H32O6. The molecule has 0 saturated carbocycles. The highest BCUT2D eigenvalue weighted by Crippen LogP contribution is 2.20. The predicted octanol–water partition coefficient (Wildman–Crippen LogP) is 2.69. The van der Waals surface area contributed by atoms with Crippen LogP contribution in [0.5, 0.6) is 0 Å². The molecule has 0 spiro atoms. The van der Waals surface area contributed by atoms with E-state index in [4.69, 9.17) is 10.2 Å². The summed E-state index contributed by atoms with van der Waals surface area (Å²) in [5.41, 5.74) is 1.85. The van der Waals surface area contributed by atoms with E-state index >= 15 is 0 Å². The number of rotatable bonds is 12. The lowest BCUT2D eigenvalue weighted by Crippen LogP contribution is -2.32. The Morgan fingerprint density at radius 3 is 2.24 bits per heavy atom. The van der Waals surface area contributed by atoms with E-state index in [1.54, 1.807) is 6.92 Å². The van der Waals surface area contributed by atoms with Crippen molar-refractivity contribution in [1.29, 1.82) is 0 Å². The highest BCUT2D eigenvalue weighted by molar-refractivity contribution is 5.81. The van der Waals surface area contributed by atoms with Gasteiger partial charge in [0, 0.05) is 6.08 Å². The SMILES string of the molecule is COC(=O)[C@H](CO)[C@H](O)CCCC[C@H](C)C/C(C)=C/C(C)=C/C(=O)O. The molecule has 3 atom stereocenters. The van der Waals surface area contributed by atoms with E-state index in [0.29, 0.717) is 12.3 Å². The van der Waals surface area contributed by atoms with Crippen molar-refractivity contribution in [3.8, 4) is 0 Å². The monoisotopic (exact) mass is 356 g/mol. The van der Waals surface area contributed by atoms with Crippen LogP contribution in [0, 0.1) is 11.8 Å². The van der Waals surface area contributed by atoms with Gasteiger partial charge in [-0.2, -0.15) is 0 Å². The fourth-order valence-electron chi connectivity index (χ4n) is 2.89. The van der Waals surface area contributed by atoms with Gasteiger partial charge in [0.1, 0.15) is 5.92 Å². The number of unbranched alkanes of at least 4 members (excludes halogenated alkanes) is 1. The molecule has 0 aliphatic rings. The summed E-state index contributed by atoms with van der Waals surface area (Å²) in [4.78, 5) is 22.0. The van der Waals surface area contributed by atoms with Crippen LogP contribution in [0.4, 0.5) is 0 Å². The summed E-state index contributed by atoms with van der Waals surface area (Å²) in [5, 5.41) is 27.8. The highest BCUT2D eigenvalue weighted by Gasteiger charge is 2.26. The van der Waals surface area contributed by atoms with Crippen molar-refractivity contribution in [3.05, 3.63) is 23.3 Å². The van der Waals surface area contributed by atoms with Crippen molar-refractivity contribution < 1.29 is 29.6 Å². The molecule has 0 fully saturated rings. The second kappa shape index (κ2) is 12.7. The molecule has 144 valence electrons. The molecule has 25 heavy (non-hydrogen) atoms. The van der Waals surface area contributed by atoms with Crippen molar-refractivity contribution in [3.63, 3.8) is 0 Å². The van der Waals surface area contributed by atoms with Crippen LogP contribution in [0.3, 0.4) is 0 Å². The van der Waals surface area contributed by atoms with Crippen LogP contribution < -0.4 is 0 Å². The van der Waals surface area contributed by atoms with Gasteiger partial charge in [0.05, 0.1) is 19.8 Å². The van der Waals surface area contributed by atoms with Crippen LogP contribution in [0.15, 0.2) is 23.3 Å². The minimum atomic E-state index is -0.943. The molecule has 0 heterocycles. The Morgan fingerprint density at radius 2 is 1.72 bits per heavy atom. The number of methoxy groups -OCH3 is 1. The average molecular weight is 356 g/mol. The van der Waals surface area contributed by atoms with Gasteiger partial charge in [-0.3, -0.25) is 4.79 Å². The summed E-state index contributed by atoms with van der Waals surface area (Å²) < 4.78 is 4.56. The van der Waals surface area contributed by atoms with Crippen molar-refractivity contribution in [1.82, 2.24) is 0 Å². The molecule has 0 saturated heterocycles. The number of aliphatic carboxylic acids is 1. The number of aliphatic hydroxyl groups excluding tert-OH is 2. The van der Waals surface area contributed by atoms with Crippen LogP contribution >= 0.6 is 0 Å². The van der Waals surface area contributed by atoms with Gasteiger partial charge in [0.15, 0.2) is 0 Å². The molecule has 0 unspecified atom stereocenters. The molecule has 6 heteroatoms. The van der Waals surface area contributed by atoms with E-state index in [1.807, 2.05) is 13.0 Å². The summed E-state index contributed by atoms with van der Waals surface area (Å²) in [6.45, 7) is 5.47. The van der Waals surface area contributed by atoms with Gasteiger partial charge in [-0.05, 0) is 38.2 Å². The Balaban J connectivity index is 4.19. The molecule has 3 N–H and O–H groups in total. The topological polar surface area (TPSA) is 104 Å². The summed E-state index contributed by atoms with van der Waals surface area (Å²) in [5.74, 6) is -1.97. The fourth-order valence-corrected chi connectivity index (χ4v) is 2.89. The quantitative estimate of drug-likeness (QED) is 0.215. The Morgan fingerprint density at radius 1 is 1.12 bits per heavy atom. The maximum Gasteiger partial charge on any atom is 0.328 e. The van der Waals surface area contributed by atoms with Crippen LogP contribution in [0.25, 0.3) is 0 Å². The molecule has 0 aliphatic heterocycles. The van der Waals surface area contributed by atoms with Gasteiger partial charge in [-0.25, -0.2) is 4.79 Å². The molecular weight excluding hydrogens is 324 g/mol. The average Bonchev–Trinajstić information content (AvgIpc) is 2.50. The molecule has 0 rings (SSSR count). The second-order valence-electron chi connectivity index (χ2n) is 6.69. The number of carbonyl (C=O) groups is 2. The van der Waals surface area contributed by atoms with Gasteiger partial charge in [-0.15, -0.1) is 0 Å². The largest absolute Gasteiger partial charge is 0.478 e. The van der Waals surface area contributed by atoms with Crippen molar-refractivity contribution in [2.24, 2.45) is 11.8 Å². The summed E-state index contributed by atoms with van der Waals surface area (Å²) in [6, 6.07) is 0. The van der Waals surface area contributed by atoms with Crippen molar-refractivity contribution in [2.45, 2.75) is 59.0 Å². The first-order chi connectivity index (χ1) is 11.7. The van der Waals surface area contributed by atoms with Crippen LogP contribution in [0.1, 0.15) is 52.9 Å². The molecule has 0 amide bonds. The molecule has 0 aromatic heterocycles. The molecule has 0 aromatic rings. The van der Waals surface area contributed by atoms with Crippen molar-refractivity contribution >= 4 is 11.9 Å². The third kappa shape index (κ3) is 10.7. The molecule has 0 radical (unpaired) electrons. The Bertz CT molecular complexity index is 480. The van der Waals surface area contributed by atoms with E-state index in [0.717, 1.165) is 36.8 Å². The molecule has 0 aromatic carbocycles. The Hall–Kier alpha value is -1.66. The first kappa shape index (κ1) is 23.3. The third-order valence-electron chi connectivity index (χ3n) is 4.11. The second-order valence-corrected chi connectivity index (χ2v) is 6.69. The zero-order valence-electron chi connectivity index (χ0n) is 15.7. The highest BCUT2D eigenvalue weighted by atomic mass is 16.5. The smallest absolute Gasteiger partial charge is 0.328 e. The lowest BCUT2D eigenvalue weighted by molar-refractivity contribution is -0.151. The Labute approximate surface area is 150 Å². The number of carboxylic acid groups (broad SMARTS) is 1. The van der Waals surface area contributed by atoms with E-state index in [2.05, 4.69) is 11.7 Å². The molecule has 6 nitrogen and oxygen atoms in total. The summed E-state index contributed by atoms with van der Waals surface area (Å²) in [6.07, 6.45) is 6.16. The first-order valence-corrected chi connectivity index (χ1v) is 8.66. The maximum absolute atomic E-state index is 11.4. The number of ether oxygens (including phenoxy) is 1. The number of allylic oxidation sites excluding steroid dienone is 3. The van der Waals surface area contributed by atoms with E-state index in [1.165, 1.54) is 13.2 Å². The van der Waals surface area contributed by atoms with E-state index < -0.39 is 30.6 Å². The summed E-state index contributed by atoms with van der Waals surface area (Å²) >= 11 is 0. The predicted molar refractivity (Wildman–Crippen MR) is 96.0 cm³/mol. The molecule has 0 aliphatic carbocycles. The van der Waals surface area contributed by atoms with Gasteiger partial charge in [0.2, 0.25) is 0 Å². The zero-order chi connectivity index (χ0) is 19.4. The van der Waals surface area contributed by atoms with E-state index in [9.17, 15) is 14.7 Å². The number of hydrogen-bond acceptors (Lipinski definition) is 5. The van der Waals surface area contributed by atoms with Crippen molar-refractivity contribution in [2.75, 3.05) is 13.7 Å². The lowest BCUT2D eigenvalue weighted by Gasteiger charge is -2.19. The molecule has 0 bridgehead atoms. The normalized spacial score (nSPS) is 16.2. The van der Waals surface area contributed by atoms with Crippen LogP contribution in [0.2, 0.25) is 0 Å². The number of esters is 1. The first-order valence-electron chi connectivity index (χ1n) is 8.66. The fraction of sp³-hybridized carbons (Fsp3) is 0.684. The van der Waals surface area contributed by atoms with Gasteiger partial charge >= 0.3 is 11.9 Å².